The van der Waals surface area contributed by atoms with Crippen LogP contribution in [0.25, 0.3) is 0 Å². The summed E-state index contributed by atoms with van der Waals surface area (Å²) in [6, 6.07) is 0. The zero-order valence-corrected chi connectivity index (χ0v) is 10.5. The zero-order valence-electron chi connectivity index (χ0n) is 8.93. The van der Waals surface area contributed by atoms with Crippen molar-refractivity contribution in [1.29, 1.82) is 0 Å². The largest absolute Gasteiger partial charge is 0.405 e. The minimum Gasteiger partial charge on any atom is -0.344 e. The van der Waals surface area contributed by atoms with Crippen molar-refractivity contribution in [2.24, 2.45) is 0 Å². The summed E-state index contributed by atoms with van der Waals surface area (Å²) in [6.45, 7) is 0.138. The summed E-state index contributed by atoms with van der Waals surface area (Å²) in [5.41, 5.74) is 0.0248. The first kappa shape index (κ1) is 14.1. The average molecular weight is 316 g/mol. The van der Waals surface area contributed by atoms with Gasteiger partial charge in [0.2, 0.25) is 0 Å². The lowest BCUT2D eigenvalue weighted by molar-refractivity contribution is -0.119. The van der Waals surface area contributed by atoms with Crippen molar-refractivity contribution >= 4 is 21.7 Å². The molecule has 0 aliphatic carbocycles. The smallest absolute Gasteiger partial charge is 0.344 e. The number of halogens is 5. The molecule has 0 atom stereocenters. The van der Waals surface area contributed by atoms with Crippen molar-refractivity contribution in [2.75, 3.05) is 23.3 Å². The SMILES string of the molecule is Cc1ncnc(N(CCBr)CC(F)(F)F)c1F. The molecule has 0 saturated heterocycles. The van der Waals surface area contributed by atoms with Gasteiger partial charge in [0.25, 0.3) is 0 Å². The number of anilines is 1. The number of hydrogen-bond acceptors (Lipinski definition) is 3. The topological polar surface area (TPSA) is 29.0 Å². The summed E-state index contributed by atoms with van der Waals surface area (Å²) < 4.78 is 50.6. The summed E-state index contributed by atoms with van der Waals surface area (Å²) in [5, 5.41) is 0.283. The fourth-order valence-electron chi connectivity index (χ4n) is 1.24. The van der Waals surface area contributed by atoms with Crippen LogP contribution in [0, 0.1) is 12.7 Å². The molecule has 17 heavy (non-hydrogen) atoms. The Kier molecular flexibility index (Phi) is 4.67. The lowest BCUT2D eigenvalue weighted by atomic mass is 10.3. The van der Waals surface area contributed by atoms with Gasteiger partial charge in [-0.3, -0.25) is 0 Å². The first-order valence-corrected chi connectivity index (χ1v) is 5.82. The molecule has 96 valence electrons. The zero-order chi connectivity index (χ0) is 13.1. The fraction of sp³-hybridized carbons (Fsp3) is 0.556. The predicted molar refractivity (Wildman–Crippen MR) is 58.8 cm³/mol. The molecule has 0 amide bonds. The molecule has 3 nitrogen and oxygen atoms in total. The molecular formula is C9H10BrF4N3. The molecule has 0 unspecified atom stereocenters. The Balaban J connectivity index is 3.01. The highest BCUT2D eigenvalue weighted by Gasteiger charge is 2.32. The van der Waals surface area contributed by atoms with Crippen LogP contribution in [0.3, 0.4) is 0 Å². The molecule has 0 N–H and O–H groups in total. The van der Waals surface area contributed by atoms with Crippen LogP contribution >= 0.6 is 15.9 Å². The Morgan fingerprint density at radius 3 is 2.53 bits per heavy atom. The van der Waals surface area contributed by atoms with Crippen molar-refractivity contribution < 1.29 is 17.6 Å². The lowest BCUT2D eigenvalue weighted by Crippen LogP contribution is -2.37. The Labute approximate surface area is 104 Å². The standard InChI is InChI=1S/C9H10BrF4N3/c1-6-7(11)8(16-5-15-6)17(3-2-10)4-9(12,13)14/h5H,2-4H2,1H3. The van der Waals surface area contributed by atoms with Crippen molar-refractivity contribution in [1.82, 2.24) is 9.97 Å². The van der Waals surface area contributed by atoms with Gasteiger partial charge in [0.05, 0.1) is 5.69 Å². The highest BCUT2D eigenvalue weighted by atomic mass is 79.9. The third-order valence-electron chi connectivity index (χ3n) is 1.97. The number of aryl methyl sites for hydroxylation is 1. The molecule has 0 aliphatic heterocycles. The second kappa shape index (κ2) is 5.61. The van der Waals surface area contributed by atoms with Gasteiger partial charge < -0.3 is 4.90 Å². The summed E-state index contributed by atoms with van der Waals surface area (Å²) in [5.74, 6) is -1.15. The predicted octanol–water partition coefficient (Wildman–Crippen LogP) is 2.69. The van der Waals surface area contributed by atoms with Gasteiger partial charge in [-0.15, -0.1) is 0 Å². The highest BCUT2D eigenvalue weighted by Crippen LogP contribution is 2.23. The highest BCUT2D eigenvalue weighted by molar-refractivity contribution is 9.09. The first-order chi connectivity index (χ1) is 7.85. The molecule has 8 heteroatoms. The normalized spacial score (nSPS) is 11.6. The monoisotopic (exact) mass is 315 g/mol. The van der Waals surface area contributed by atoms with E-state index in [1.807, 2.05) is 0 Å². The van der Waals surface area contributed by atoms with Crippen molar-refractivity contribution in [3.05, 3.63) is 17.8 Å². The minimum absolute atomic E-state index is 0.00683. The first-order valence-electron chi connectivity index (χ1n) is 4.70. The minimum atomic E-state index is -4.41. The quantitative estimate of drug-likeness (QED) is 0.632. The molecule has 0 spiro atoms. The molecule has 0 aromatic carbocycles. The van der Waals surface area contributed by atoms with Gasteiger partial charge in [0.1, 0.15) is 12.9 Å². The number of alkyl halides is 4. The van der Waals surface area contributed by atoms with Crippen LogP contribution in [-0.4, -0.2) is 34.6 Å². The van der Waals surface area contributed by atoms with E-state index in [0.29, 0.717) is 0 Å². The second-order valence-corrected chi connectivity index (χ2v) is 4.12. The summed E-state index contributed by atoms with van der Waals surface area (Å²) in [7, 11) is 0. The van der Waals surface area contributed by atoms with Crippen LogP contribution in [0.15, 0.2) is 6.33 Å². The number of rotatable bonds is 4. The molecule has 1 aromatic heterocycles. The number of nitrogens with zero attached hydrogens (tertiary/aromatic N) is 3. The van der Waals surface area contributed by atoms with Gasteiger partial charge in [0, 0.05) is 11.9 Å². The van der Waals surface area contributed by atoms with Crippen LogP contribution in [0.5, 0.6) is 0 Å². The third-order valence-corrected chi connectivity index (χ3v) is 2.32. The van der Waals surface area contributed by atoms with E-state index in [1.54, 1.807) is 0 Å². The summed E-state index contributed by atoms with van der Waals surface area (Å²) in [4.78, 5) is 7.97. The van der Waals surface area contributed by atoms with Gasteiger partial charge >= 0.3 is 6.18 Å². The van der Waals surface area contributed by atoms with Crippen molar-refractivity contribution in [3.63, 3.8) is 0 Å². The molecule has 1 heterocycles. The van der Waals surface area contributed by atoms with Gasteiger partial charge in [-0.1, -0.05) is 15.9 Å². The molecule has 0 saturated carbocycles. The molecular weight excluding hydrogens is 306 g/mol. The van der Waals surface area contributed by atoms with Crippen LogP contribution in [-0.2, 0) is 0 Å². The van der Waals surface area contributed by atoms with E-state index in [2.05, 4.69) is 25.9 Å². The molecule has 0 bridgehead atoms. The second-order valence-electron chi connectivity index (χ2n) is 3.32. The van der Waals surface area contributed by atoms with Gasteiger partial charge in [-0.05, 0) is 6.92 Å². The Bertz CT molecular complexity index is 383. The molecule has 1 aromatic rings. The van der Waals surface area contributed by atoms with Crippen LogP contribution in [0.1, 0.15) is 5.69 Å². The van der Waals surface area contributed by atoms with E-state index < -0.39 is 18.5 Å². The maximum Gasteiger partial charge on any atom is 0.405 e. The summed E-state index contributed by atoms with van der Waals surface area (Å²) in [6.07, 6.45) is -3.36. The molecule has 0 aliphatic rings. The van der Waals surface area contributed by atoms with Crippen LogP contribution in [0.4, 0.5) is 23.4 Å². The van der Waals surface area contributed by atoms with Gasteiger partial charge in [-0.25, -0.2) is 14.4 Å². The lowest BCUT2D eigenvalue weighted by Gasteiger charge is -2.24. The van der Waals surface area contributed by atoms with Gasteiger partial charge in [0.15, 0.2) is 11.6 Å². The number of aromatic nitrogens is 2. The van der Waals surface area contributed by atoms with Crippen molar-refractivity contribution in [2.45, 2.75) is 13.1 Å². The molecule has 0 radical (unpaired) electrons. The van der Waals surface area contributed by atoms with E-state index in [9.17, 15) is 17.6 Å². The maximum absolute atomic E-state index is 13.6. The van der Waals surface area contributed by atoms with E-state index >= 15 is 0 Å². The van der Waals surface area contributed by atoms with E-state index in [-0.39, 0.29) is 23.4 Å². The Morgan fingerprint density at radius 2 is 2.00 bits per heavy atom. The van der Waals surface area contributed by atoms with E-state index in [1.165, 1.54) is 6.92 Å². The average Bonchev–Trinajstić information content (AvgIpc) is 2.19. The Hall–Kier alpha value is -0.920. The van der Waals surface area contributed by atoms with E-state index in [4.69, 9.17) is 0 Å². The van der Waals surface area contributed by atoms with Crippen molar-refractivity contribution in [3.8, 4) is 0 Å². The maximum atomic E-state index is 13.6. The fourth-order valence-corrected chi connectivity index (χ4v) is 1.67. The van der Waals surface area contributed by atoms with Crippen LogP contribution in [0.2, 0.25) is 0 Å². The number of hydrogen-bond donors (Lipinski definition) is 0. The molecule has 0 fully saturated rings. The Morgan fingerprint density at radius 1 is 1.35 bits per heavy atom. The molecule has 1 rings (SSSR count). The van der Waals surface area contributed by atoms with Gasteiger partial charge in [-0.2, -0.15) is 13.2 Å². The van der Waals surface area contributed by atoms with Crippen LogP contribution < -0.4 is 4.90 Å². The van der Waals surface area contributed by atoms with E-state index in [0.717, 1.165) is 11.2 Å². The third kappa shape index (κ3) is 4.10. The summed E-state index contributed by atoms with van der Waals surface area (Å²) >= 11 is 3.02.